The van der Waals surface area contributed by atoms with E-state index >= 15 is 0 Å². The fraction of sp³-hybridized carbons (Fsp3) is 0.435. The van der Waals surface area contributed by atoms with Gasteiger partial charge < -0.3 is 20.1 Å². The number of guanidine groups is 1. The van der Waals surface area contributed by atoms with Crippen LogP contribution < -0.4 is 15.4 Å². The fourth-order valence-corrected chi connectivity index (χ4v) is 3.17. The van der Waals surface area contributed by atoms with E-state index in [0.717, 1.165) is 54.4 Å². The van der Waals surface area contributed by atoms with Crippen molar-refractivity contribution in [3.05, 3.63) is 65.0 Å². The minimum absolute atomic E-state index is 0. The van der Waals surface area contributed by atoms with Crippen LogP contribution in [0.25, 0.3) is 0 Å². The molecule has 1 fully saturated rings. The number of benzene rings is 2. The first-order valence-electron chi connectivity index (χ1n) is 10.2. The van der Waals surface area contributed by atoms with E-state index in [9.17, 15) is 4.39 Å². The van der Waals surface area contributed by atoms with Crippen LogP contribution in [0.5, 0.6) is 5.75 Å². The summed E-state index contributed by atoms with van der Waals surface area (Å²) in [5.74, 6) is 1.42. The van der Waals surface area contributed by atoms with Gasteiger partial charge in [-0.3, -0.25) is 0 Å². The number of aliphatic imine (C=N–C) groups is 1. The lowest BCUT2D eigenvalue weighted by Crippen LogP contribution is -2.38. The largest absolute Gasteiger partial charge is 0.488 e. The highest BCUT2D eigenvalue weighted by molar-refractivity contribution is 14.0. The highest BCUT2D eigenvalue weighted by atomic mass is 127. The first-order valence-corrected chi connectivity index (χ1v) is 10.2. The maximum absolute atomic E-state index is 13.0. The first kappa shape index (κ1) is 24.4. The van der Waals surface area contributed by atoms with Crippen molar-refractivity contribution in [3.8, 4) is 5.75 Å². The van der Waals surface area contributed by atoms with Crippen molar-refractivity contribution in [1.29, 1.82) is 0 Å². The summed E-state index contributed by atoms with van der Waals surface area (Å²) in [4.78, 5) is 4.72. The van der Waals surface area contributed by atoms with E-state index in [-0.39, 0.29) is 35.9 Å². The van der Waals surface area contributed by atoms with Crippen LogP contribution in [0.15, 0.2) is 47.5 Å². The highest BCUT2D eigenvalue weighted by Gasteiger charge is 2.18. The Hall–Kier alpha value is -1.87. The van der Waals surface area contributed by atoms with Gasteiger partial charge in [0.2, 0.25) is 0 Å². The van der Waals surface area contributed by atoms with Gasteiger partial charge in [0.1, 0.15) is 17.7 Å². The summed E-state index contributed by atoms with van der Waals surface area (Å²) >= 11 is 0. The van der Waals surface area contributed by atoms with Crippen molar-refractivity contribution < 1.29 is 13.9 Å². The van der Waals surface area contributed by atoms with E-state index < -0.39 is 0 Å². The molecule has 0 spiro atoms. The summed E-state index contributed by atoms with van der Waals surface area (Å²) in [6, 6.07) is 12.8. The molecule has 2 N–H and O–H groups in total. The lowest BCUT2D eigenvalue weighted by molar-refractivity contribution is 0.140. The van der Waals surface area contributed by atoms with Crippen LogP contribution in [0.3, 0.4) is 0 Å². The van der Waals surface area contributed by atoms with Gasteiger partial charge in [-0.05, 0) is 49.6 Å². The van der Waals surface area contributed by atoms with E-state index in [1.54, 1.807) is 0 Å². The molecule has 3 rings (SSSR count). The van der Waals surface area contributed by atoms with Crippen molar-refractivity contribution in [3.63, 3.8) is 0 Å². The van der Waals surface area contributed by atoms with Gasteiger partial charge in [0.15, 0.2) is 5.96 Å². The molecule has 2 aromatic rings. The maximum atomic E-state index is 13.0. The second-order valence-electron chi connectivity index (χ2n) is 7.21. The SMILES string of the molecule is CCNC(=NCc1ccc(C)cc1OC1CCOC1)NCCc1ccc(F)cc1.I. The fourth-order valence-electron chi connectivity index (χ4n) is 3.17. The standard InChI is InChI=1S/C23H30FN3O2.HI/c1-3-25-23(26-12-10-18-5-8-20(24)9-6-18)27-15-19-7-4-17(2)14-22(19)29-21-11-13-28-16-21;/h4-9,14,21H,3,10-13,15-16H2,1-2H3,(H2,25,26,27);1H. The minimum Gasteiger partial charge on any atom is -0.488 e. The Bertz CT molecular complexity index is 809. The molecule has 5 nitrogen and oxygen atoms in total. The molecule has 0 saturated carbocycles. The molecular formula is C23H31FIN3O2. The summed E-state index contributed by atoms with van der Waals surface area (Å²) in [5, 5.41) is 6.61. The van der Waals surface area contributed by atoms with Gasteiger partial charge in [-0.1, -0.05) is 24.3 Å². The summed E-state index contributed by atoms with van der Waals surface area (Å²) in [7, 11) is 0. The molecule has 1 aliphatic rings. The molecule has 0 aromatic heterocycles. The number of aryl methyl sites for hydroxylation is 1. The molecule has 0 bridgehead atoms. The molecule has 164 valence electrons. The second-order valence-corrected chi connectivity index (χ2v) is 7.21. The Labute approximate surface area is 195 Å². The molecule has 0 radical (unpaired) electrons. The Morgan fingerprint density at radius 2 is 2.00 bits per heavy atom. The van der Waals surface area contributed by atoms with Gasteiger partial charge in [0.25, 0.3) is 0 Å². The average molecular weight is 527 g/mol. The molecule has 0 aliphatic carbocycles. The molecule has 1 heterocycles. The van der Waals surface area contributed by atoms with Gasteiger partial charge in [0, 0.05) is 25.1 Å². The molecular weight excluding hydrogens is 496 g/mol. The summed E-state index contributed by atoms with van der Waals surface area (Å²) in [5.41, 5.74) is 3.30. The number of nitrogens with one attached hydrogen (secondary N) is 2. The maximum Gasteiger partial charge on any atom is 0.191 e. The lowest BCUT2D eigenvalue weighted by atomic mass is 10.1. The zero-order valence-electron chi connectivity index (χ0n) is 17.6. The smallest absolute Gasteiger partial charge is 0.191 e. The van der Waals surface area contributed by atoms with Crippen LogP contribution in [0.2, 0.25) is 0 Å². The van der Waals surface area contributed by atoms with Crippen molar-refractivity contribution in [1.82, 2.24) is 10.6 Å². The van der Waals surface area contributed by atoms with E-state index in [4.69, 9.17) is 14.5 Å². The minimum atomic E-state index is -0.211. The average Bonchev–Trinajstić information content (AvgIpc) is 3.22. The molecule has 1 saturated heterocycles. The molecule has 1 aliphatic heterocycles. The van der Waals surface area contributed by atoms with Crippen molar-refractivity contribution in [2.45, 2.75) is 39.3 Å². The van der Waals surface area contributed by atoms with E-state index in [2.05, 4.69) is 35.8 Å². The lowest BCUT2D eigenvalue weighted by Gasteiger charge is -2.16. The zero-order chi connectivity index (χ0) is 20.5. The van der Waals surface area contributed by atoms with Gasteiger partial charge in [-0.25, -0.2) is 9.38 Å². The van der Waals surface area contributed by atoms with Gasteiger partial charge in [-0.15, -0.1) is 24.0 Å². The topological polar surface area (TPSA) is 54.9 Å². The summed E-state index contributed by atoms with van der Waals surface area (Å²) in [6.07, 6.45) is 1.83. The van der Waals surface area contributed by atoms with Gasteiger partial charge in [-0.2, -0.15) is 0 Å². The van der Waals surface area contributed by atoms with Crippen LogP contribution in [0.1, 0.15) is 30.0 Å². The van der Waals surface area contributed by atoms with E-state index in [1.165, 1.54) is 12.1 Å². The Balaban J connectivity index is 0.00000320. The Morgan fingerprint density at radius 3 is 2.70 bits per heavy atom. The van der Waals surface area contributed by atoms with Crippen LogP contribution in [-0.4, -0.2) is 38.4 Å². The third-order valence-electron chi connectivity index (χ3n) is 4.78. The van der Waals surface area contributed by atoms with Gasteiger partial charge in [0.05, 0.1) is 19.8 Å². The molecule has 0 amide bonds. The first-order chi connectivity index (χ1) is 14.1. The highest BCUT2D eigenvalue weighted by Crippen LogP contribution is 2.24. The summed E-state index contributed by atoms with van der Waals surface area (Å²) in [6.45, 7) is 7.52. The van der Waals surface area contributed by atoms with E-state index in [0.29, 0.717) is 19.7 Å². The van der Waals surface area contributed by atoms with Gasteiger partial charge >= 0.3 is 0 Å². The third-order valence-corrected chi connectivity index (χ3v) is 4.78. The van der Waals surface area contributed by atoms with E-state index in [1.807, 2.05) is 19.1 Å². The van der Waals surface area contributed by atoms with Crippen molar-refractivity contribution in [2.75, 3.05) is 26.3 Å². The number of rotatable bonds is 8. The molecule has 1 atom stereocenters. The van der Waals surface area contributed by atoms with Crippen LogP contribution in [0.4, 0.5) is 4.39 Å². The summed E-state index contributed by atoms with van der Waals surface area (Å²) < 4.78 is 24.6. The van der Waals surface area contributed by atoms with Crippen molar-refractivity contribution >= 4 is 29.9 Å². The normalized spacial score (nSPS) is 16.1. The number of hydrogen-bond donors (Lipinski definition) is 2. The van der Waals surface area contributed by atoms with Crippen LogP contribution in [0, 0.1) is 12.7 Å². The number of hydrogen-bond acceptors (Lipinski definition) is 3. The number of ether oxygens (including phenoxy) is 2. The van der Waals surface area contributed by atoms with Crippen molar-refractivity contribution in [2.24, 2.45) is 4.99 Å². The molecule has 30 heavy (non-hydrogen) atoms. The second kappa shape index (κ2) is 12.7. The molecule has 7 heteroatoms. The predicted octanol–water partition coefficient (Wildman–Crippen LogP) is 4.22. The molecule has 2 aromatic carbocycles. The third kappa shape index (κ3) is 7.75. The van der Waals surface area contributed by atoms with Crippen LogP contribution >= 0.6 is 24.0 Å². The monoisotopic (exact) mass is 527 g/mol. The Morgan fingerprint density at radius 1 is 1.20 bits per heavy atom. The quantitative estimate of drug-likeness (QED) is 0.307. The Kier molecular flexibility index (Phi) is 10.4. The predicted molar refractivity (Wildman–Crippen MR) is 129 cm³/mol. The number of nitrogens with zero attached hydrogens (tertiary/aromatic N) is 1. The molecule has 1 unspecified atom stereocenters. The zero-order valence-corrected chi connectivity index (χ0v) is 19.9. The van der Waals surface area contributed by atoms with Crippen LogP contribution in [-0.2, 0) is 17.7 Å². The number of halogens is 2.